The van der Waals surface area contributed by atoms with Gasteiger partial charge in [0.25, 0.3) is 0 Å². The molecule has 0 amide bonds. The topological polar surface area (TPSA) is 70.0 Å². The van der Waals surface area contributed by atoms with Gasteiger partial charge in [-0.2, -0.15) is 5.26 Å². The fourth-order valence-electron chi connectivity index (χ4n) is 1.41. The van der Waals surface area contributed by atoms with Crippen molar-refractivity contribution in [3.05, 3.63) is 34.9 Å². The maximum absolute atomic E-state index is 9.09. The van der Waals surface area contributed by atoms with Crippen molar-refractivity contribution >= 4 is 0 Å². The Balaban J connectivity index is 3.04. The largest absolute Gasteiger partial charge is 0.392 e. The fraction of sp³-hybridized carbons (Fsp3) is 0.364. The third kappa shape index (κ3) is 2.32. The van der Waals surface area contributed by atoms with Gasteiger partial charge in [-0.1, -0.05) is 23.8 Å². The van der Waals surface area contributed by atoms with Crippen LogP contribution in [0.3, 0.4) is 0 Å². The normalized spacial score (nSPS) is 12.1. The highest BCUT2D eigenvalue weighted by Gasteiger charge is 2.10. The van der Waals surface area contributed by atoms with Gasteiger partial charge in [0, 0.05) is 6.04 Å². The standard InChI is InChI=1S/C11H14N2O/c1-8-2-3-9(7-14)10(6-8)11(13)4-5-12/h2-3,6,11,14H,4,7,13H2,1H3. The van der Waals surface area contributed by atoms with E-state index in [0.717, 1.165) is 16.7 Å². The van der Waals surface area contributed by atoms with Crippen LogP contribution in [-0.2, 0) is 6.61 Å². The molecule has 74 valence electrons. The van der Waals surface area contributed by atoms with Gasteiger partial charge in [0.1, 0.15) is 0 Å². The van der Waals surface area contributed by atoms with Gasteiger partial charge in [-0.05, 0) is 18.1 Å². The quantitative estimate of drug-likeness (QED) is 0.756. The Hall–Kier alpha value is -1.37. The lowest BCUT2D eigenvalue weighted by Gasteiger charge is -2.13. The highest BCUT2D eigenvalue weighted by Crippen LogP contribution is 2.20. The van der Waals surface area contributed by atoms with E-state index in [1.165, 1.54) is 0 Å². The van der Waals surface area contributed by atoms with E-state index < -0.39 is 0 Å². The van der Waals surface area contributed by atoms with Crippen LogP contribution in [-0.4, -0.2) is 5.11 Å². The zero-order valence-corrected chi connectivity index (χ0v) is 8.20. The highest BCUT2D eigenvalue weighted by atomic mass is 16.3. The summed E-state index contributed by atoms with van der Waals surface area (Å²) in [6.07, 6.45) is 0.274. The molecule has 0 aliphatic rings. The molecule has 3 N–H and O–H groups in total. The predicted molar refractivity (Wildman–Crippen MR) is 54.3 cm³/mol. The number of aliphatic hydroxyl groups is 1. The van der Waals surface area contributed by atoms with Crippen molar-refractivity contribution < 1.29 is 5.11 Å². The minimum Gasteiger partial charge on any atom is -0.392 e. The number of hydrogen-bond donors (Lipinski definition) is 2. The minimum absolute atomic E-state index is 0.0330. The SMILES string of the molecule is Cc1ccc(CO)c(C(N)CC#N)c1. The van der Waals surface area contributed by atoms with Crippen LogP contribution in [0.15, 0.2) is 18.2 Å². The second kappa shape index (κ2) is 4.75. The molecule has 1 unspecified atom stereocenters. The van der Waals surface area contributed by atoms with Crippen LogP contribution in [0, 0.1) is 18.3 Å². The molecule has 0 aliphatic carbocycles. The second-order valence-electron chi connectivity index (χ2n) is 3.33. The Kier molecular flexibility index (Phi) is 3.63. The molecule has 0 aromatic heterocycles. The monoisotopic (exact) mass is 190 g/mol. The summed E-state index contributed by atoms with van der Waals surface area (Å²) in [5.41, 5.74) is 8.58. The molecule has 1 rings (SSSR count). The molecular weight excluding hydrogens is 176 g/mol. The Morgan fingerprint density at radius 3 is 2.86 bits per heavy atom. The van der Waals surface area contributed by atoms with E-state index >= 15 is 0 Å². The molecule has 0 fully saturated rings. The number of rotatable bonds is 3. The smallest absolute Gasteiger partial charge is 0.0685 e. The average molecular weight is 190 g/mol. The van der Waals surface area contributed by atoms with E-state index in [-0.39, 0.29) is 19.1 Å². The first-order chi connectivity index (χ1) is 6.69. The molecule has 1 aromatic rings. The van der Waals surface area contributed by atoms with Crippen LogP contribution in [0.4, 0.5) is 0 Å². The first kappa shape index (κ1) is 10.7. The van der Waals surface area contributed by atoms with E-state index in [0.29, 0.717) is 0 Å². The minimum atomic E-state index is -0.304. The Labute approximate surface area is 83.8 Å². The van der Waals surface area contributed by atoms with Crippen molar-refractivity contribution in [2.75, 3.05) is 0 Å². The van der Waals surface area contributed by atoms with Gasteiger partial charge < -0.3 is 10.8 Å². The van der Waals surface area contributed by atoms with Crippen molar-refractivity contribution in [2.45, 2.75) is 26.0 Å². The van der Waals surface area contributed by atoms with Crippen molar-refractivity contribution in [2.24, 2.45) is 5.73 Å². The number of nitriles is 1. The summed E-state index contributed by atoms with van der Waals surface area (Å²) >= 11 is 0. The molecule has 14 heavy (non-hydrogen) atoms. The lowest BCUT2D eigenvalue weighted by Crippen LogP contribution is -2.12. The van der Waals surface area contributed by atoms with Crippen LogP contribution in [0.5, 0.6) is 0 Å². The summed E-state index contributed by atoms with van der Waals surface area (Å²) in [6.45, 7) is 1.93. The number of benzene rings is 1. The van der Waals surface area contributed by atoms with Crippen LogP contribution < -0.4 is 5.73 Å². The number of hydrogen-bond acceptors (Lipinski definition) is 3. The number of aryl methyl sites for hydroxylation is 1. The predicted octanol–water partition coefficient (Wildman–Crippen LogP) is 1.40. The van der Waals surface area contributed by atoms with Gasteiger partial charge in [-0.15, -0.1) is 0 Å². The molecule has 0 spiro atoms. The molecular formula is C11H14N2O. The van der Waals surface area contributed by atoms with E-state index in [4.69, 9.17) is 16.1 Å². The first-order valence-corrected chi connectivity index (χ1v) is 4.52. The van der Waals surface area contributed by atoms with E-state index in [1.54, 1.807) is 0 Å². The van der Waals surface area contributed by atoms with Crippen LogP contribution in [0.2, 0.25) is 0 Å². The number of aliphatic hydroxyl groups excluding tert-OH is 1. The number of nitrogens with zero attached hydrogens (tertiary/aromatic N) is 1. The molecule has 3 nitrogen and oxygen atoms in total. The summed E-state index contributed by atoms with van der Waals surface area (Å²) in [6, 6.07) is 7.42. The molecule has 0 bridgehead atoms. The van der Waals surface area contributed by atoms with Gasteiger partial charge in [0.15, 0.2) is 0 Å². The first-order valence-electron chi connectivity index (χ1n) is 4.52. The van der Waals surface area contributed by atoms with Gasteiger partial charge in [0.2, 0.25) is 0 Å². The lowest BCUT2D eigenvalue weighted by molar-refractivity contribution is 0.280. The Morgan fingerprint density at radius 1 is 1.57 bits per heavy atom. The zero-order chi connectivity index (χ0) is 10.6. The van der Waals surface area contributed by atoms with Crippen molar-refractivity contribution in [3.8, 4) is 6.07 Å². The number of nitrogens with two attached hydrogens (primary N) is 1. The summed E-state index contributed by atoms with van der Waals surface area (Å²) in [5, 5.41) is 17.6. The third-order valence-electron chi connectivity index (χ3n) is 2.18. The van der Waals surface area contributed by atoms with Crippen LogP contribution >= 0.6 is 0 Å². The van der Waals surface area contributed by atoms with Crippen molar-refractivity contribution in [1.29, 1.82) is 5.26 Å². The molecule has 1 aromatic carbocycles. The molecule has 0 aliphatic heterocycles. The Morgan fingerprint density at radius 2 is 2.29 bits per heavy atom. The lowest BCUT2D eigenvalue weighted by atomic mass is 9.97. The van der Waals surface area contributed by atoms with Crippen LogP contribution in [0.25, 0.3) is 0 Å². The van der Waals surface area contributed by atoms with Gasteiger partial charge in [-0.3, -0.25) is 0 Å². The molecule has 0 saturated carbocycles. The molecule has 0 radical (unpaired) electrons. The molecule has 0 heterocycles. The molecule has 3 heteroatoms. The average Bonchev–Trinajstić information content (AvgIpc) is 2.18. The summed E-state index contributed by atoms with van der Waals surface area (Å²) in [7, 11) is 0. The summed E-state index contributed by atoms with van der Waals surface area (Å²) in [5.74, 6) is 0. The van der Waals surface area contributed by atoms with E-state index in [1.807, 2.05) is 31.2 Å². The van der Waals surface area contributed by atoms with E-state index in [2.05, 4.69) is 0 Å². The maximum Gasteiger partial charge on any atom is 0.0685 e. The van der Waals surface area contributed by atoms with Crippen molar-refractivity contribution in [1.82, 2.24) is 0 Å². The summed E-state index contributed by atoms with van der Waals surface area (Å²) in [4.78, 5) is 0. The highest BCUT2D eigenvalue weighted by molar-refractivity contribution is 5.33. The molecule has 1 atom stereocenters. The van der Waals surface area contributed by atoms with Gasteiger partial charge in [-0.25, -0.2) is 0 Å². The molecule has 0 saturated heterocycles. The van der Waals surface area contributed by atoms with Gasteiger partial charge in [0.05, 0.1) is 19.1 Å². The maximum atomic E-state index is 9.09. The van der Waals surface area contributed by atoms with Crippen molar-refractivity contribution in [3.63, 3.8) is 0 Å². The van der Waals surface area contributed by atoms with Gasteiger partial charge >= 0.3 is 0 Å². The fourth-order valence-corrected chi connectivity index (χ4v) is 1.41. The zero-order valence-electron chi connectivity index (χ0n) is 8.20. The summed E-state index contributed by atoms with van der Waals surface area (Å²) < 4.78 is 0. The third-order valence-corrected chi connectivity index (χ3v) is 2.18. The van der Waals surface area contributed by atoms with Crippen LogP contribution in [0.1, 0.15) is 29.2 Å². The van der Waals surface area contributed by atoms with E-state index in [9.17, 15) is 0 Å². The second-order valence-corrected chi connectivity index (χ2v) is 3.33. The Bertz CT molecular complexity index is 355.